The molecule has 0 aromatic carbocycles. The van der Waals surface area contributed by atoms with Crippen molar-refractivity contribution in [2.45, 2.75) is 52.4 Å². The van der Waals surface area contributed by atoms with E-state index in [1.165, 1.54) is 11.1 Å². The summed E-state index contributed by atoms with van der Waals surface area (Å²) >= 11 is 0. The van der Waals surface area contributed by atoms with Gasteiger partial charge in [0.05, 0.1) is 0 Å². The van der Waals surface area contributed by atoms with E-state index in [-0.39, 0.29) is 31.2 Å². The summed E-state index contributed by atoms with van der Waals surface area (Å²) in [5.74, 6) is 0. The Morgan fingerprint density at radius 3 is 1.64 bits per heavy atom. The molecule has 1 aliphatic rings. The molecular weight excluding hydrogens is 263 g/mol. The van der Waals surface area contributed by atoms with Gasteiger partial charge in [0.25, 0.3) is 0 Å². The van der Waals surface area contributed by atoms with Crippen molar-refractivity contribution < 1.29 is 26.2 Å². The first-order chi connectivity index (χ1) is 5.70. The molecule has 1 aliphatic carbocycles. The summed E-state index contributed by atoms with van der Waals surface area (Å²) in [6.45, 7) is 16.3. The van der Waals surface area contributed by atoms with E-state index in [4.69, 9.17) is 0 Å². The Balaban J connectivity index is 0.00000169. The van der Waals surface area contributed by atoms with E-state index in [0.717, 1.165) is 0 Å². The predicted octanol–water partition coefficient (Wildman–Crippen LogP) is 4.18. The average Bonchev–Trinajstić information content (AvgIpc) is 2.15. The molecule has 2 heteroatoms. The number of hydrogen-bond acceptors (Lipinski definition) is 0. The second kappa shape index (κ2) is 4.22. The molecule has 1 atom stereocenters. The summed E-state index contributed by atoms with van der Waals surface area (Å²) in [7, 11) is -1.18. The van der Waals surface area contributed by atoms with Crippen molar-refractivity contribution in [3.63, 3.8) is 0 Å². The van der Waals surface area contributed by atoms with Gasteiger partial charge in [-0.05, 0) is 0 Å². The molecule has 0 heterocycles. The van der Waals surface area contributed by atoms with Gasteiger partial charge < -0.3 is 0 Å². The van der Waals surface area contributed by atoms with E-state index in [1.807, 2.05) is 0 Å². The molecule has 0 nitrogen and oxygen atoms in total. The minimum atomic E-state index is -1.18. The first-order valence-electron chi connectivity index (χ1n) is 5.00. The van der Waals surface area contributed by atoms with Gasteiger partial charge in [-0.3, -0.25) is 6.08 Å². The zero-order chi connectivity index (χ0) is 10.4. The Bertz CT molecular complexity index is 294. The smallest absolute Gasteiger partial charge is 0.0388 e. The molecule has 14 heavy (non-hydrogen) atoms. The van der Waals surface area contributed by atoms with Gasteiger partial charge in [-0.2, -0.15) is 11.1 Å². The molecule has 78 valence electrons. The molecule has 0 bridgehead atoms. The Morgan fingerprint density at radius 2 is 1.50 bits per heavy atom. The van der Waals surface area contributed by atoms with Gasteiger partial charge in [-0.25, -0.2) is 5.57 Å². The van der Waals surface area contributed by atoms with Gasteiger partial charge in [-0.15, -0.1) is 6.92 Å². The maximum atomic E-state index is 3.67. The Kier molecular flexibility index (Phi) is 4.39. The van der Waals surface area contributed by atoms with Crippen LogP contribution in [0.5, 0.6) is 0 Å². The third kappa shape index (κ3) is 2.07. The van der Waals surface area contributed by atoms with Crippen molar-refractivity contribution in [3.8, 4) is 0 Å². The topological polar surface area (TPSA) is 0 Å². The fourth-order valence-corrected chi connectivity index (χ4v) is 3.84. The van der Waals surface area contributed by atoms with E-state index in [0.29, 0.717) is 0 Å². The van der Waals surface area contributed by atoms with Crippen LogP contribution in [0.15, 0.2) is 16.7 Å². The van der Waals surface area contributed by atoms with Crippen molar-refractivity contribution >= 4 is 8.07 Å². The van der Waals surface area contributed by atoms with Crippen LogP contribution < -0.4 is 0 Å². The van der Waals surface area contributed by atoms with E-state index in [9.17, 15) is 0 Å². The molecule has 0 fully saturated rings. The van der Waals surface area contributed by atoms with Crippen molar-refractivity contribution in [3.05, 3.63) is 22.8 Å². The largest absolute Gasteiger partial charge is 0.266 e. The van der Waals surface area contributed by atoms with Crippen molar-refractivity contribution in [1.82, 2.24) is 0 Å². The number of allylic oxidation sites excluding steroid dienone is 4. The fourth-order valence-electron chi connectivity index (χ4n) is 1.97. The van der Waals surface area contributed by atoms with Gasteiger partial charge in [0, 0.05) is 34.3 Å². The average molecular weight is 285 g/mol. The van der Waals surface area contributed by atoms with Crippen LogP contribution in [0, 0.1) is 6.08 Å². The van der Waals surface area contributed by atoms with E-state index in [1.54, 1.807) is 5.57 Å². The maximum absolute atomic E-state index is 3.67. The van der Waals surface area contributed by atoms with Crippen LogP contribution in [0.3, 0.4) is 0 Å². The molecule has 1 unspecified atom stereocenters. The van der Waals surface area contributed by atoms with Crippen LogP contribution in [0.2, 0.25) is 24.7 Å². The monoisotopic (exact) mass is 283 g/mol. The van der Waals surface area contributed by atoms with Crippen LogP contribution in [0.4, 0.5) is 0 Å². The van der Waals surface area contributed by atoms with Gasteiger partial charge in [-0.1, -0.05) is 45.5 Å². The van der Waals surface area contributed by atoms with Crippen LogP contribution in [0.25, 0.3) is 0 Å². The molecule has 1 rings (SSSR count). The Labute approximate surface area is 109 Å². The molecule has 0 amide bonds. The third-order valence-electron chi connectivity index (χ3n) is 3.81. The summed E-state index contributed by atoms with van der Waals surface area (Å²) in [4.78, 5) is 0. The third-order valence-corrected chi connectivity index (χ3v) is 7.31. The van der Waals surface area contributed by atoms with Gasteiger partial charge in [0.2, 0.25) is 0 Å². The molecule has 0 saturated carbocycles. The van der Waals surface area contributed by atoms with Crippen LogP contribution in [-0.2, 0) is 26.2 Å². The zero-order valence-electron chi connectivity index (χ0n) is 10.5. The van der Waals surface area contributed by atoms with Crippen molar-refractivity contribution in [2.24, 2.45) is 0 Å². The molecule has 0 aromatic heterocycles. The summed E-state index contributed by atoms with van der Waals surface area (Å²) < 4.78 is 0. The number of rotatable bonds is 1. The van der Waals surface area contributed by atoms with Crippen molar-refractivity contribution in [2.75, 3.05) is 0 Å². The summed E-state index contributed by atoms with van der Waals surface area (Å²) in [5.41, 5.74) is 4.37. The van der Waals surface area contributed by atoms with Gasteiger partial charge in [0.15, 0.2) is 0 Å². The van der Waals surface area contributed by atoms with Gasteiger partial charge >= 0.3 is 0 Å². The first-order valence-corrected chi connectivity index (χ1v) is 8.50. The van der Waals surface area contributed by atoms with E-state index in [2.05, 4.69) is 53.4 Å². The van der Waals surface area contributed by atoms with E-state index >= 15 is 0 Å². The molecule has 0 aliphatic heterocycles. The number of hydrogen-bond donors (Lipinski definition) is 0. The SMILES string of the molecule is CC1=[C-]C(C)([Si](C)(C)C)C(C)=C1C.[Zr]. The molecule has 0 N–H and O–H groups in total. The minimum Gasteiger partial charge on any atom is -0.266 e. The summed E-state index contributed by atoms with van der Waals surface area (Å²) in [6, 6.07) is 0. The van der Waals surface area contributed by atoms with Crippen LogP contribution in [-0.4, -0.2) is 8.07 Å². The normalized spacial score (nSPS) is 27.5. The molecule has 0 spiro atoms. The first kappa shape index (κ1) is 14.6. The zero-order valence-corrected chi connectivity index (χ0v) is 14.0. The molecular formula is C12H21SiZr-. The van der Waals surface area contributed by atoms with Crippen LogP contribution >= 0.6 is 0 Å². The minimum absolute atomic E-state index is 0. The predicted molar refractivity (Wildman–Crippen MR) is 62.5 cm³/mol. The maximum Gasteiger partial charge on any atom is 0.0388 e. The summed E-state index contributed by atoms with van der Waals surface area (Å²) in [6.07, 6.45) is 3.67. The van der Waals surface area contributed by atoms with Crippen LogP contribution in [0.1, 0.15) is 27.7 Å². The van der Waals surface area contributed by atoms with E-state index < -0.39 is 8.07 Å². The molecule has 0 aromatic rings. The second-order valence-corrected chi connectivity index (χ2v) is 10.9. The van der Waals surface area contributed by atoms with Crippen molar-refractivity contribution in [1.29, 1.82) is 0 Å². The fraction of sp³-hybridized carbons (Fsp3) is 0.667. The van der Waals surface area contributed by atoms with Gasteiger partial charge in [0.1, 0.15) is 0 Å². The Hall–Kier alpha value is 0.580. The second-order valence-electron chi connectivity index (χ2n) is 5.38. The summed E-state index contributed by atoms with van der Waals surface area (Å²) in [5, 5.41) is 0.265. The Morgan fingerprint density at radius 1 is 1.07 bits per heavy atom. The quantitative estimate of drug-likeness (QED) is 0.500. The molecule has 0 radical (unpaired) electrons. The molecule has 0 saturated heterocycles. The standard InChI is InChI=1S/C12H21Si.Zr/c1-9-8-12(4,13(5,6)7)11(3)10(9)2;/h1-7H3;/q-1;.